The van der Waals surface area contributed by atoms with Crippen molar-refractivity contribution in [3.63, 3.8) is 0 Å². The maximum Gasteiger partial charge on any atom is -0.0383 e. The first-order valence-electron chi connectivity index (χ1n) is 6.24. The van der Waals surface area contributed by atoms with Gasteiger partial charge in [-0.3, -0.25) is 0 Å². The zero-order chi connectivity index (χ0) is 11.8. The lowest BCUT2D eigenvalue weighted by Gasteiger charge is -2.15. The standard InChI is InChI=1S/2C7H16/c1-5-6-7(2,3)4;1-5-7(4)6(2)3/h5-6H2,1-4H3;6-7H,5H2,1-4H3. The van der Waals surface area contributed by atoms with Crippen molar-refractivity contribution in [3.05, 3.63) is 0 Å². The summed E-state index contributed by atoms with van der Waals surface area (Å²) in [7, 11) is 0. The van der Waals surface area contributed by atoms with E-state index in [9.17, 15) is 0 Å². The van der Waals surface area contributed by atoms with Crippen LogP contribution in [0.15, 0.2) is 0 Å². The Balaban J connectivity index is 0. The second-order valence-electron chi connectivity index (χ2n) is 5.94. The van der Waals surface area contributed by atoms with E-state index in [1.807, 2.05) is 0 Å². The third kappa shape index (κ3) is 14.5. The van der Waals surface area contributed by atoms with E-state index < -0.39 is 0 Å². The van der Waals surface area contributed by atoms with Crippen LogP contribution in [0, 0.1) is 17.3 Å². The molecule has 0 saturated heterocycles. The van der Waals surface area contributed by atoms with Gasteiger partial charge in [-0.05, 0) is 23.7 Å². The molecule has 0 aromatic carbocycles. The third-order valence-corrected chi connectivity index (χ3v) is 2.78. The molecule has 0 aromatic heterocycles. The average Bonchev–Trinajstić information content (AvgIpc) is 2.01. The largest absolute Gasteiger partial charge is 0.0654 e. The summed E-state index contributed by atoms with van der Waals surface area (Å²) in [5.41, 5.74) is 0.550. The maximum absolute atomic E-state index is 2.30. The fraction of sp³-hybridized carbons (Fsp3) is 1.00. The second-order valence-corrected chi connectivity index (χ2v) is 5.94. The zero-order valence-corrected chi connectivity index (χ0v) is 11.8. The zero-order valence-electron chi connectivity index (χ0n) is 11.8. The Hall–Kier alpha value is 0. The van der Waals surface area contributed by atoms with Crippen molar-refractivity contribution in [2.45, 2.75) is 74.7 Å². The van der Waals surface area contributed by atoms with Gasteiger partial charge in [-0.15, -0.1) is 0 Å². The monoisotopic (exact) mass is 200 g/mol. The van der Waals surface area contributed by atoms with Crippen LogP contribution in [0.1, 0.15) is 74.7 Å². The maximum atomic E-state index is 2.30. The summed E-state index contributed by atoms with van der Waals surface area (Å²) in [6.45, 7) is 18.1. The van der Waals surface area contributed by atoms with Gasteiger partial charge in [-0.25, -0.2) is 0 Å². The Labute approximate surface area is 92.5 Å². The van der Waals surface area contributed by atoms with Gasteiger partial charge in [0.05, 0.1) is 0 Å². The van der Waals surface area contributed by atoms with Gasteiger partial charge in [0.2, 0.25) is 0 Å². The van der Waals surface area contributed by atoms with E-state index in [2.05, 4.69) is 55.4 Å². The molecule has 0 spiro atoms. The van der Waals surface area contributed by atoms with Gasteiger partial charge in [0.25, 0.3) is 0 Å². The molecule has 0 heteroatoms. The van der Waals surface area contributed by atoms with E-state index >= 15 is 0 Å². The lowest BCUT2D eigenvalue weighted by molar-refractivity contribution is 0.373. The molecule has 0 fully saturated rings. The Morgan fingerprint density at radius 3 is 1.36 bits per heavy atom. The van der Waals surface area contributed by atoms with E-state index in [4.69, 9.17) is 0 Å². The van der Waals surface area contributed by atoms with E-state index in [-0.39, 0.29) is 0 Å². The van der Waals surface area contributed by atoms with Crippen molar-refractivity contribution < 1.29 is 0 Å². The molecule has 0 amide bonds. The Morgan fingerprint density at radius 1 is 0.929 bits per heavy atom. The van der Waals surface area contributed by atoms with Crippen molar-refractivity contribution in [1.29, 1.82) is 0 Å². The SMILES string of the molecule is CCC(C)C(C)C.CCCC(C)(C)C. The van der Waals surface area contributed by atoms with Crippen molar-refractivity contribution in [2.75, 3.05) is 0 Å². The van der Waals surface area contributed by atoms with E-state index in [0.29, 0.717) is 5.41 Å². The first kappa shape index (κ1) is 16.4. The molecule has 0 aliphatic carbocycles. The number of hydrogen-bond donors (Lipinski definition) is 0. The fourth-order valence-corrected chi connectivity index (χ4v) is 1.22. The summed E-state index contributed by atoms with van der Waals surface area (Å²) in [5.74, 6) is 1.77. The summed E-state index contributed by atoms with van der Waals surface area (Å²) in [4.78, 5) is 0. The highest BCUT2D eigenvalue weighted by atomic mass is 14.1. The fourth-order valence-electron chi connectivity index (χ4n) is 1.22. The van der Waals surface area contributed by atoms with Crippen molar-refractivity contribution in [3.8, 4) is 0 Å². The average molecular weight is 200 g/mol. The molecule has 88 valence electrons. The highest BCUT2D eigenvalue weighted by molar-refractivity contribution is 4.58. The van der Waals surface area contributed by atoms with E-state index in [1.165, 1.54) is 19.3 Å². The van der Waals surface area contributed by atoms with Crippen LogP contribution in [-0.4, -0.2) is 0 Å². The van der Waals surface area contributed by atoms with Crippen LogP contribution in [-0.2, 0) is 0 Å². The van der Waals surface area contributed by atoms with Gasteiger partial charge in [0, 0.05) is 0 Å². The molecule has 0 bridgehead atoms. The Morgan fingerprint density at radius 2 is 1.36 bits per heavy atom. The van der Waals surface area contributed by atoms with Gasteiger partial charge in [0.15, 0.2) is 0 Å². The first-order valence-corrected chi connectivity index (χ1v) is 6.24. The molecule has 0 aliphatic rings. The second kappa shape index (κ2) is 8.32. The lowest BCUT2D eigenvalue weighted by Crippen LogP contribution is -2.02. The van der Waals surface area contributed by atoms with Crippen LogP contribution >= 0.6 is 0 Å². The van der Waals surface area contributed by atoms with E-state index in [0.717, 1.165) is 11.8 Å². The van der Waals surface area contributed by atoms with Crippen LogP contribution in [0.2, 0.25) is 0 Å². The third-order valence-electron chi connectivity index (χ3n) is 2.78. The summed E-state index contributed by atoms with van der Waals surface area (Å²) in [5, 5.41) is 0. The van der Waals surface area contributed by atoms with Crippen molar-refractivity contribution in [2.24, 2.45) is 17.3 Å². The Bertz CT molecular complexity index is 106. The van der Waals surface area contributed by atoms with Crippen LogP contribution in [0.25, 0.3) is 0 Å². The smallest absolute Gasteiger partial charge is 0.0383 e. The molecule has 1 atom stereocenters. The molecule has 0 radical (unpaired) electrons. The minimum Gasteiger partial charge on any atom is -0.0654 e. The molecule has 14 heavy (non-hydrogen) atoms. The number of hydrogen-bond acceptors (Lipinski definition) is 0. The highest BCUT2D eigenvalue weighted by Gasteiger charge is 2.06. The van der Waals surface area contributed by atoms with Crippen LogP contribution in [0.3, 0.4) is 0 Å². The molecule has 0 saturated carbocycles. The minimum absolute atomic E-state index is 0.550. The van der Waals surface area contributed by atoms with Crippen LogP contribution < -0.4 is 0 Å². The molecule has 0 nitrogen and oxygen atoms in total. The van der Waals surface area contributed by atoms with Crippen LogP contribution in [0.5, 0.6) is 0 Å². The summed E-state index contributed by atoms with van der Waals surface area (Å²) in [6, 6.07) is 0. The molecule has 1 unspecified atom stereocenters. The topological polar surface area (TPSA) is 0 Å². The summed E-state index contributed by atoms with van der Waals surface area (Å²) >= 11 is 0. The minimum atomic E-state index is 0.550. The normalized spacial score (nSPS) is 13.5. The van der Waals surface area contributed by atoms with Gasteiger partial charge in [-0.2, -0.15) is 0 Å². The predicted molar refractivity (Wildman–Crippen MR) is 68.7 cm³/mol. The van der Waals surface area contributed by atoms with Gasteiger partial charge >= 0.3 is 0 Å². The van der Waals surface area contributed by atoms with E-state index in [1.54, 1.807) is 0 Å². The molecular formula is C14H32. The van der Waals surface area contributed by atoms with Gasteiger partial charge in [-0.1, -0.05) is 68.2 Å². The highest BCUT2D eigenvalue weighted by Crippen LogP contribution is 2.19. The summed E-state index contributed by atoms with van der Waals surface area (Å²) < 4.78 is 0. The molecular weight excluding hydrogens is 168 g/mol. The summed E-state index contributed by atoms with van der Waals surface area (Å²) in [6.07, 6.45) is 3.97. The van der Waals surface area contributed by atoms with Crippen molar-refractivity contribution >= 4 is 0 Å². The quantitative estimate of drug-likeness (QED) is 0.562. The van der Waals surface area contributed by atoms with Gasteiger partial charge in [0.1, 0.15) is 0 Å². The van der Waals surface area contributed by atoms with Gasteiger partial charge < -0.3 is 0 Å². The molecule has 0 aliphatic heterocycles. The first-order chi connectivity index (χ1) is 6.24. The molecule has 0 heterocycles. The Kier molecular flexibility index (Phi) is 9.76. The molecule has 0 rings (SSSR count). The van der Waals surface area contributed by atoms with Crippen molar-refractivity contribution in [1.82, 2.24) is 0 Å². The number of rotatable bonds is 3. The molecule has 0 aromatic rings. The lowest BCUT2D eigenvalue weighted by atomic mass is 9.91. The molecule has 0 N–H and O–H groups in total. The van der Waals surface area contributed by atoms with Crippen LogP contribution in [0.4, 0.5) is 0 Å². The predicted octanol–water partition coefficient (Wildman–Crippen LogP) is 5.52.